The largest absolute Gasteiger partial charge is 0.471 e. The van der Waals surface area contributed by atoms with Crippen LogP contribution in [0.15, 0.2) is 30.3 Å². The van der Waals surface area contributed by atoms with Gasteiger partial charge in [-0.2, -0.15) is 13.2 Å². The van der Waals surface area contributed by atoms with Crippen molar-refractivity contribution in [2.75, 3.05) is 19.6 Å². The molecule has 0 bridgehead atoms. The number of halogens is 3. The van der Waals surface area contributed by atoms with Crippen molar-refractivity contribution in [2.24, 2.45) is 0 Å². The Morgan fingerprint density at radius 2 is 2.00 bits per heavy atom. The first-order valence-electron chi connectivity index (χ1n) is 7.10. The van der Waals surface area contributed by atoms with Gasteiger partial charge in [-0.15, -0.1) is 0 Å². The maximum Gasteiger partial charge on any atom is 0.471 e. The minimum Gasteiger partial charge on any atom is -0.333 e. The lowest BCUT2D eigenvalue weighted by Crippen LogP contribution is -2.47. The number of alkyl halides is 3. The Balaban J connectivity index is 1.98. The number of nitrogens with zero attached hydrogens (tertiary/aromatic N) is 1. The van der Waals surface area contributed by atoms with Gasteiger partial charge in [-0.1, -0.05) is 30.3 Å². The molecule has 1 saturated heterocycles. The number of nitrogens with one attached hydrogen (secondary N) is 1. The summed E-state index contributed by atoms with van der Waals surface area (Å²) < 4.78 is 38.1. The van der Waals surface area contributed by atoms with Crippen LogP contribution in [0.3, 0.4) is 0 Å². The molecule has 1 heterocycles. The van der Waals surface area contributed by atoms with Gasteiger partial charge in [-0.25, -0.2) is 0 Å². The lowest BCUT2D eigenvalue weighted by atomic mass is 10.1. The van der Waals surface area contributed by atoms with Gasteiger partial charge >= 0.3 is 12.1 Å². The molecule has 0 aliphatic carbocycles. The first-order chi connectivity index (χ1) is 9.97. The highest BCUT2D eigenvalue weighted by molar-refractivity contribution is 5.81. The van der Waals surface area contributed by atoms with Gasteiger partial charge in [0.2, 0.25) is 0 Å². The second-order valence-electron chi connectivity index (χ2n) is 5.28. The fourth-order valence-electron chi connectivity index (χ4n) is 2.54. The molecule has 21 heavy (non-hydrogen) atoms. The smallest absolute Gasteiger partial charge is 0.333 e. The molecule has 0 radical (unpaired) electrons. The fraction of sp³-hybridized carbons (Fsp3) is 0.533. The zero-order valence-electron chi connectivity index (χ0n) is 11.7. The molecule has 0 saturated carbocycles. The van der Waals surface area contributed by atoms with Crippen LogP contribution < -0.4 is 5.32 Å². The SMILES string of the molecule is O=C(N(CCc1ccccc1)C[C@@H]1CCCN1)C(F)(F)F. The molecule has 0 spiro atoms. The first-order valence-corrected chi connectivity index (χ1v) is 7.10. The Hall–Kier alpha value is -1.56. The normalized spacial score (nSPS) is 18.7. The van der Waals surface area contributed by atoms with Crippen LogP contribution in [0.5, 0.6) is 0 Å². The highest BCUT2D eigenvalue weighted by Gasteiger charge is 2.42. The maximum atomic E-state index is 12.7. The maximum absolute atomic E-state index is 12.7. The molecule has 0 aromatic heterocycles. The van der Waals surface area contributed by atoms with Crippen LogP contribution in [-0.4, -0.2) is 42.7 Å². The molecule has 1 aromatic rings. The van der Waals surface area contributed by atoms with Gasteiger partial charge in [-0.05, 0) is 31.4 Å². The molecule has 1 atom stereocenters. The molecular weight excluding hydrogens is 281 g/mol. The lowest BCUT2D eigenvalue weighted by Gasteiger charge is -2.26. The Morgan fingerprint density at radius 3 is 2.57 bits per heavy atom. The summed E-state index contributed by atoms with van der Waals surface area (Å²) in [5.74, 6) is -1.74. The monoisotopic (exact) mass is 300 g/mol. The van der Waals surface area contributed by atoms with E-state index in [9.17, 15) is 18.0 Å². The van der Waals surface area contributed by atoms with E-state index in [-0.39, 0.29) is 19.1 Å². The molecule has 6 heteroatoms. The third-order valence-corrected chi connectivity index (χ3v) is 3.65. The van der Waals surface area contributed by atoms with Gasteiger partial charge in [0.1, 0.15) is 0 Å². The number of hydrogen-bond donors (Lipinski definition) is 1. The highest BCUT2D eigenvalue weighted by atomic mass is 19.4. The van der Waals surface area contributed by atoms with E-state index in [4.69, 9.17) is 0 Å². The van der Waals surface area contributed by atoms with Crippen molar-refractivity contribution >= 4 is 5.91 Å². The van der Waals surface area contributed by atoms with Gasteiger partial charge in [-0.3, -0.25) is 4.79 Å². The van der Waals surface area contributed by atoms with E-state index < -0.39 is 12.1 Å². The van der Waals surface area contributed by atoms with Crippen LogP contribution in [-0.2, 0) is 11.2 Å². The zero-order valence-corrected chi connectivity index (χ0v) is 11.7. The van der Waals surface area contributed by atoms with E-state index in [0.717, 1.165) is 29.8 Å². The quantitative estimate of drug-likeness (QED) is 0.905. The topological polar surface area (TPSA) is 32.3 Å². The van der Waals surface area contributed by atoms with E-state index in [1.165, 1.54) is 0 Å². The van der Waals surface area contributed by atoms with Gasteiger partial charge < -0.3 is 10.2 Å². The van der Waals surface area contributed by atoms with Crippen molar-refractivity contribution in [3.8, 4) is 0 Å². The molecule has 1 amide bonds. The number of rotatable bonds is 5. The third kappa shape index (κ3) is 4.74. The predicted octanol–water partition coefficient (Wildman–Crippen LogP) is 2.37. The highest BCUT2D eigenvalue weighted by Crippen LogP contribution is 2.20. The number of carbonyl (C=O) groups excluding carboxylic acids is 1. The van der Waals surface area contributed by atoms with E-state index in [2.05, 4.69) is 5.32 Å². The minimum absolute atomic E-state index is 0.0351. The van der Waals surface area contributed by atoms with Crippen LogP contribution in [0.2, 0.25) is 0 Å². The Morgan fingerprint density at radius 1 is 1.29 bits per heavy atom. The predicted molar refractivity (Wildman–Crippen MR) is 73.8 cm³/mol. The fourth-order valence-corrected chi connectivity index (χ4v) is 2.54. The summed E-state index contributed by atoms with van der Waals surface area (Å²) in [5, 5.41) is 3.13. The number of carbonyl (C=O) groups is 1. The van der Waals surface area contributed by atoms with Crippen molar-refractivity contribution < 1.29 is 18.0 Å². The van der Waals surface area contributed by atoms with E-state index >= 15 is 0 Å². The summed E-state index contributed by atoms with van der Waals surface area (Å²) in [6.45, 7) is 1.00. The average molecular weight is 300 g/mol. The van der Waals surface area contributed by atoms with E-state index in [1.54, 1.807) is 0 Å². The summed E-state index contributed by atoms with van der Waals surface area (Å²) >= 11 is 0. The molecule has 116 valence electrons. The Kier molecular flexibility index (Phi) is 5.22. The summed E-state index contributed by atoms with van der Waals surface area (Å²) in [5.41, 5.74) is 0.928. The second kappa shape index (κ2) is 6.93. The van der Waals surface area contributed by atoms with Gasteiger partial charge in [0.15, 0.2) is 0 Å². The lowest BCUT2D eigenvalue weighted by molar-refractivity contribution is -0.185. The zero-order chi connectivity index (χ0) is 15.3. The average Bonchev–Trinajstić information content (AvgIpc) is 2.95. The van der Waals surface area contributed by atoms with Gasteiger partial charge in [0.05, 0.1) is 0 Å². The van der Waals surface area contributed by atoms with Crippen LogP contribution >= 0.6 is 0 Å². The summed E-state index contributed by atoms with van der Waals surface area (Å²) in [7, 11) is 0. The van der Waals surface area contributed by atoms with Crippen LogP contribution in [0, 0.1) is 0 Å². The van der Waals surface area contributed by atoms with E-state index in [1.807, 2.05) is 30.3 Å². The van der Waals surface area contributed by atoms with Crippen LogP contribution in [0.1, 0.15) is 18.4 Å². The summed E-state index contributed by atoms with van der Waals surface area (Å²) in [4.78, 5) is 12.5. The number of amides is 1. The molecule has 0 unspecified atom stereocenters. The molecule has 1 fully saturated rings. The molecular formula is C15H19F3N2O. The third-order valence-electron chi connectivity index (χ3n) is 3.65. The van der Waals surface area contributed by atoms with Gasteiger partial charge in [0.25, 0.3) is 0 Å². The number of benzene rings is 1. The van der Waals surface area contributed by atoms with E-state index in [0.29, 0.717) is 6.42 Å². The Bertz CT molecular complexity index is 456. The van der Waals surface area contributed by atoms with Crippen molar-refractivity contribution in [3.05, 3.63) is 35.9 Å². The van der Waals surface area contributed by atoms with Crippen molar-refractivity contribution in [2.45, 2.75) is 31.5 Å². The molecule has 1 N–H and O–H groups in total. The molecule has 1 aromatic carbocycles. The number of hydrogen-bond acceptors (Lipinski definition) is 2. The molecule has 1 aliphatic rings. The van der Waals surface area contributed by atoms with Crippen molar-refractivity contribution in [1.29, 1.82) is 0 Å². The van der Waals surface area contributed by atoms with Crippen LogP contribution in [0.25, 0.3) is 0 Å². The molecule has 3 nitrogen and oxygen atoms in total. The van der Waals surface area contributed by atoms with Gasteiger partial charge in [0, 0.05) is 19.1 Å². The standard InChI is InChI=1S/C15H19F3N2O/c16-15(17,18)14(21)20(11-13-7-4-9-19-13)10-8-12-5-2-1-3-6-12/h1-3,5-6,13,19H,4,7-11H2/t13-/m0/s1. The molecule has 1 aliphatic heterocycles. The molecule has 2 rings (SSSR count). The van der Waals surface area contributed by atoms with Crippen molar-refractivity contribution in [3.63, 3.8) is 0 Å². The summed E-state index contributed by atoms with van der Waals surface area (Å²) in [6, 6.07) is 9.19. The van der Waals surface area contributed by atoms with Crippen molar-refractivity contribution in [1.82, 2.24) is 10.2 Å². The Labute approximate surface area is 122 Å². The summed E-state index contributed by atoms with van der Waals surface area (Å²) in [6.07, 6.45) is -2.63. The first kappa shape index (κ1) is 15.8. The second-order valence-corrected chi connectivity index (χ2v) is 5.28. The van der Waals surface area contributed by atoms with Crippen LogP contribution in [0.4, 0.5) is 13.2 Å². The minimum atomic E-state index is -4.81.